The van der Waals surface area contributed by atoms with Gasteiger partial charge in [0.2, 0.25) is 0 Å². The molecule has 2 nitrogen and oxygen atoms in total. The Morgan fingerprint density at radius 1 is 0.947 bits per heavy atom. The third kappa shape index (κ3) is 3.09. The zero-order chi connectivity index (χ0) is 13.8. The molecule has 0 saturated heterocycles. The molecule has 2 rings (SSSR count). The van der Waals surface area contributed by atoms with Crippen molar-refractivity contribution in [3.05, 3.63) is 65.2 Å². The average Bonchev–Trinajstić information content (AvgIpc) is 2.46. The summed E-state index contributed by atoms with van der Waals surface area (Å²) in [5, 5.41) is 10.2. The van der Waals surface area contributed by atoms with Crippen LogP contribution in [0.4, 0.5) is 8.78 Å². The highest BCUT2D eigenvalue weighted by Crippen LogP contribution is 2.27. The summed E-state index contributed by atoms with van der Waals surface area (Å²) in [5.74, 6) is 0.640. The first kappa shape index (κ1) is 13.5. The first-order chi connectivity index (χ1) is 9.11. The number of hydrogen-bond donors (Lipinski definition) is 1. The van der Waals surface area contributed by atoms with Crippen molar-refractivity contribution in [2.45, 2.75) is 12.5 Å². The number of methoxy groups -OCH3 is 1. The molecule has 0 bridgehead atoms. The van der Waals surface area contributed by atoms with Crippen molar-refractivity contribution >= 4 is 0 Å². The zero-order valence-electron chi connectivity index (χ0n) is 10.4. The summed E-state index contributed by atoms with van der Waals surface area (Å²) in [6.45, 7) is 0. The van der Waals surface area contributed by atoms with Crippen molar-refractivity contribution in [2.75, 3.05) is 7.11 Å². The molecule has 100 valence electrons. The van der Waals surface area contributed by atoms with Crippen molar-refractivity contribution in [3.63, 3.8) is 0 Å². The Morgan fingerprint density at radius 2 is 1.58 bits per heavy atom. The largest absolute Gasteiger partial charge is 0.497 e. The van der Waals surface area contributed by atoms with E-state index in [9.17, 15) is 13.9 Å². The number of ether oxygens (including phenoxy) is 1. The van der Waals surface area contributed by atoms with E-state index < -0.39 is 12.5 Å². The lowest BCUT2D eigenvalue weighted by Crippen LogP contribution is -2.00. The van der Waals surface area contributed by atoms with E-state index in [2.05, 4.69) is 0 Å². The summed E-state index contributed by atoms with van der Waals surface area (Å²) in [4.78, 5) is 0. The molecule has 0 aromatic heterocycles. The van der Waals surface area contributed by atoms with Crippen molar-refractivity contribution in [1.29, 1.82) is 0 Å². The molecular weight excluding hydrogens is 250 g/mol. The second-order valence-corrected chi connectivity index (χ2v) is 4.15. The van der Waals surface area contributed by atoms with Gasteiger partial charge in [-0.3, -0.25) is 0 Å². The number of benzene rings is 2. The van der Waals surface area contributed by atoms with E-state index in [1.807, 2.05) is 0 Å². The van der Waals surface area contributed by atoms with E-state index in [0.717, 1.165) is 0 Å². The van der Waals surface area contributed by atoms with Crippen LogP contribution < -0.4 is 4.74 Å². The third-order valence-electron chi connectivity index (χ3n) is 2.91. The van der Waals surface area contributed by atoms with Gasteiger partial charge in [-0.15, -0.1) is 0 Å². The van der Waals surface area contributed by atoms with Crippen LogP contribution in [0.25, 0.3) is 0 Å². The van der Waals surface area contributed by atoms with Gasteiger partial charge in [0, 0.05) is 5.56 Å². The summed E-state index contributed by atoms with van der Waals surface area (Å²) in [6.07, 6.45) is -3.36. The Bertz CT molecular complexity index is 538. The highest BCUT2D eigenvalue weighted by Gasteiger charge is 2.13. The highest BCUT2D eigenvalue weighted by atomic mass is 19.3. The number of rotatable bonds is 4. The molecule has 1 unspecified atom stereocenters. The fourth-order valence-electron chi connectivity index (χ4n) is 1.83. The summed E-state index contributed by atoms with van der Waals surface area (Å²) >= 11 is 0. The van der Waals surface area contributed by atoms with E-state index in [0.29, 0.717) is 16.9 Å². The molecule has 2 aromatic rings. The van der Waals surface area contributed by atoms with Gasteiger partial charge in [-0.1, -0.05) is 36.4 Å². The van der Waals surface area contributed by atoms with Crippen molar-refractivity contribution in [3.8, 4) is 5.75 Å². The fraction of sp³-hybridized carbons (Fsp3) is 0.200. The number of aliphatic hydroxyl groups is 1. The number of aliphatic hydroxyl groups excluding tert-OH is 1. The predicted octanol–water partition coefficient (Wildman–Crippen LogP) is 3.71. The molecular formula is C15H14F2O2. The topological polar surface area (TPSA) is 29.5 Å². The van der Waals surface area contributed by atoms with Gasteiger partial charge in [-0.05, 0) is 23.3 Å². The molecule has 2 aromatic carbocycles. The normalized spacial score (nSPS) is 12.5. The van der Waals surface area contributed by atoms with Crippen LogP contribution in [0.15, 0.2) is 48.5 Å². The number of alkyl halides is 2. The van der Waals surface area contributed by atoms with Crippen molar-refractivity contribution < 1.29 is 18.6 Å². The quantitative estimate of drug-likeness (QED) is 0.912. The summed E-state index contributed by atoms with van der Waals surface area (Å²) in [7, 11) is 1.54. The molecule has 0 saturated carbocycles. The van der Waals surface area contributed by atoms with Gasteiger partial charge in [-0.25, -0.2) is 8.78 Å². The van der Waals surface area contributed by atoms with Crippen LogP contribution in [0.3, 0.4) is 0 Å². The van der Waals surface area contributed by atoms with Crippen LogP contribution in [0, 0.1) is 0 Å². The van der Waals surface area contributed by atoms with E-state index in [1.165, 1.54) is 24.3 Å². The number of halogens is 2. The van der Waals surface area contributed by atoms with Crippen LogP contribution in [0.2, 0.25) is 0 Å². The second kappa shape index (κ2) is 5.80. The summed E-state index contributed by atoms with van der Waals surface area (Å²) in [6, 6.07) is 12.7. The molecule has 0 amide bonds. The molecule has 1 N–H and O–H groups in total. The smallest absolute Gasteiger partial charge is 0.263 e. The van der Waals surface area contributed by atoms with E-state index in [1.54, 1.807) is 31.4 Å². The lowest BCUT2D eigenvalue weighted by molar-refractivity contribution is 0.151. The van der Waals surface area contributed by atoms with Gasteiger partial charge in [0.05, 0.1) is 7.11 Å². The summed E-state index contributed by atoms with van der Waals surface area (Å²) < 4.78 is 30.0. The minimum absolute atomic E-state index is 0.0541. The molecule has 0 aliphatic carbocycles. The molecule has 0 heterocycles. The summed E-state index contributed by atoms with van der Waals surface area (Å²) in [5.41, 5.74) is 1.17. The van der Waals surface area contributed by atoms with Crippen LogP contribution in [-0.4, -0.2) is 12.2 Å². The first-order valence-corrected chi connectivity index (χ1v) is 5.82. The zero-order valence-corrected chi connectivity index (χ0v) is 10.4. The minimum Gasteiger partial charge on any atom is -0.497 e. The lowest BCUT2D eigenvalue weighted by atomic mass is 10.0. The van der Waals surface area contributed by atoms with E-state index in [4.69, 9.17) is 4.74 Å². The first-order valence-electron chi connectivity index (χ1n) is 5.82. The van der Waals surface area contributed by atoms with Crippen LogP contribution >= 0.6 is 0 Å². The second-order valence-electron chi connectivity index (χ2n) is 4.15. The average molecular weight is 264 g/mol. The monoisotopic (exact) mass is 264 g/mol. The minimum atomic E-state index is -2.50. The fourth-order valence-corrected chi connectivity index (χ4v) is 1.83. The van der Waals surface area contributed by atoms with Gasteiger partial charge >= 0.3 is 0 Å². The molecule has 4 heteroatoms. The van der Waals surface area contributed by atoms with E-state index >= 15 is 0 Å². The van der Waals surface area contributed by atoms with Crippen LogP contribution in [-0.2, 0) is 0 Å². The molecule has 1 atom stereocenters. The Morgan fingerprint density at radius 3 is 2.16 bits per heavy atom. The third-order valence-corrected chi connectivity index (χ3v) is 2.91. The van der Waals surface area contributed by atoms with Gasteiger partial charge in [-0.2, -0.15) is 0 Å². The Kier molecular flexibility index (Phi) is 4.12. The molecule has 0 radical (unpaired) electrons. The molecule has 0 fully saturated rings. The van der Waals surface area contributed by atoms with Crippen molar-refractivity contribution in [2.24, 2.45) is 0 Å². The van der Waals surface area contributed by atoms with Crippen LogP contribution in [0.5, 0.6) is 5.75 Å². The number of hydrogen-bond acceptors (Lipinski definition) is 2. The highest BCUT2D eigenvalue weighted by molar-refractivity contribution is 5.36. The maximum Gasteiger partial charge on any atom is 0.263 e. The van der Waals surface area contributed by atoms with Gasteiger partial charge in [0.1, 0.15) is 11.9 Å². The Balaban J connectivity index is 2.25. The Labute approximate surface area is 110 Å². The SMILES string of the molecule is COc1cccc(C(O)c2ccc(C(F)F)cc2)c1. The van der Waals surface area contributed by atoms with Gasteiger partial charge in [0.15, 0.2) is 0 Å². The van der Waals surface area contributed by atoms with Gasteiger partial charge in [0.25, 0.3) is 6.43 Å². The Hall–Kier alpha value is -1.94. The van der Waals surface area contributed by atoms with Crippen molar-refractivity contribution in [1.82, 2.24) is 0 Å². The predicted molar refractivity (Wildman–Crippen MR) is 68.5 cm³/mol. The lowest BCUT2D eigenvalue weighted by Gasteiger charge is -2.13. The standard InChI is InChI=1S/C15H14F2O2/c1-19-13-4-2-3-12(9-13)14(18)10-5-7-11(8-6-10)15(16)17/h2-9,14-15,18H,1H3. The molecule has 0 spiro atoms. The maximum atomic E-state index is 12.4. The van der Waals surface area contributed by atoms with E-state index in [-0.39, 0.29) is 5.56 Å². The molecule has 0 aliphatic rings. The van der Waals surface area contributed by atoms with Gasteiger partial charge < -0.3 is 9.84 Å². The van der Waals surface area contributed by atoms with Crippen LogP contribution in [0.1, 0.15) is 29.2 Å². The molecule has 0 aliphatic heterocycles. The maximum absolute atomic E-state index is 12.4. The molecule has 19 heavy (non-hydrogen) atoms.